The van der Waals surface area contributed by atoms with Crippen LogP contribution in [0.4, 0.5) is 5.95 Å². The monoisotopic (exact) mass is 477 g/mol. The first-order valence-electron chi connectivity index (χ1n) is 10.5. The van der Waals surface area contributed by atoms with Gasteiger partial charge in [0.25, 0.3) is 0 Å². The number of rotatable bonds is 10. The smallest absolute Gasteiger partial charge is 0.305 e. The molecule has 1 aromatic heterocycles. The molecular weight excluding hydrogens is 446 g/mol. The molecule has 2 atom stereocenters. The van der Waals surface area contributed by atoms with Crippen LogP contribution in [-0.2, 0) is 14.8 Å². The van der Waals surface area contributed by atoms with Crippen molar-refractivity contribution in [3.63, 3.8) is 0 Å². The highest BCUT2D eigenvalue weighted by molar-refractivity contribution is 7.92. The number of benzene rings is 1. The second-order valence-electron chi connectivity index (χ2n) is 8.34. The molecule has 0 radical (unpaired) electrons. The maximum absolute atomic E-state index is 12.1. The zero-order chi connectivity index (χ0) is 24.9. The molecule has 0 amide bonds. The van der Waals surface area contributed by atoms with Crippen LogP contribution in [0.2, 0.25) is 0 Å². The number of carbonyl (C=O) groups is 1. The van der Waals surface area contributed by atoms with E-state index in [4.69, 9.17) is 5.11 Å². The highest BCUT2D eigenvalue weighted by Crippen LogP contribution is 2.31. The summed E-state index contributed by atoms with van der Waals surface area (Å²) in [4.78, 5) is 19.8. The molecule has 33 heavy (non-hydrogen) atoms. The van der Waals surface area contributed by atoms with Gasteiger partial charge in [-0.2, -0.15) is 0 Å². The van der Waals surface area contributed by atoms with E-state index in [1.54, 1.807) is 6.08 Å². The van der Waals surface area contributed by atoms with Crippen molar-refractivity contribution in [2.45, 2.75) is 51.7 Å². The summed E-state index contributed by atoms with van der Waals surface area (Å²) in [5.41, 5.74) is 3.47. The first kappa shape index (κ1) is 26.4. The van der Waals surface area contributed by atoms with E-state index in [9.17, 15) is 23.4 Å². The number of aliphatic carboxylic acids is 1. The Morgan fingerprint density at radius 2 is 1.76 bits per heavy atom. The minimum absolute atomic E-state index is 0.0337. The summed E-state index contributed by atoms with van der Waals surface area (Å²) in [5.74, 6) is -1.22. The van der Waals surface area contributed by atoms with Crippen LogP contribution in [-0.4, -0.2) is 65.2 Å². The van der Waals surface area contributed by atoms with Crippen LogP contribution in [0.1, 0.15) is 49.4 Å². The number of aryl methyl sites for hydroxylation is 1. The largest absolute Gasteiger partial charge is 0.481 e. The maximum atomic E-state index is 12.1. The van der Waals surface area contributed by atoms with Gasteiger partial charge in [-0.25, -0.2) is 22.7 Å². The Morgan fingerprint density at radius 1 is 1.15 bits per heavy atom. The third-order valence-electron chi connectivity index (χ3n) is 5.02. The summed E-state index contributed by atoms with van der Waals surface area (Å²) in [6.07, 6.45) is 1.26. The van der Waals surface area contributed by atoms with Crippen LogP contribution in [0.3, 0.4) is 0 Å². The maximum Gasteiger partial charge on any atom is 0.305 e. The molecule has 1 heterocycles. The zero-order valence-electron chi connectivity index (χ0n) is 19.4. The SMILES string of the molecule is Cc1ccc(-c2nc(N(C)S(C)(=O)=O)nc(C(C)C)c2/C=C/[C@H](O)C[C@@H](O)CC(=O)O)cc1. The zero-order valence-corrected chi connectivity index (χ0v) is 20.2. The Labute approximate surface area is 194 Å². The molecule has 1 aromatic carbocycles. The van der Waals surface area contributed by atoms with Crippen LogP contribution in [0.25, 0.3) is 17.3 Å². The quantitative estimate of drug-likeness (QED) is 0.474. The lowest BCUT2D eigenvalue weighted by Crippen LogP contribution is -2.27. The van der Waals surface area contributed by atoms with Crippen molar-refractivity contribution in [3.8, 4) is 11.3 Å². The van der Waals surface area contributed by atoms with Gasteiger partial charge < -0.3 is 15.3 Å². The number of aliphatic hydroxyl groups is 2. The molecule has 0 unspecified atom stereocenters. The lowest BCUT2D eigenvalue weighted by molar-refractivity contribution is -0.139. The molecule has 180 valence electrons. The van der Waals surface area contributed by atoms with E-state index in [2.05, 4.69) is 9.97 Å². The van der Waals surface area contributed by atoms with Crippen LogP contribution < -0.4 is 4.31 Å². The predicted molar refractivity (Wildman–Crippen MR) is 127 cm³/mol. The van der Waals surface area contributed by atoms with Crippen molar-refractivity contribution in [1.29, 1.82) is 0 Å². The number of hydrogen-bond donors (Lipinski definition) is 3. The molecule has 9 nitrogen and oxygen atoms in total. The van der Waals surface area contributed by atoms with Crippen LogP contribution in [0.15, 0.2) is 30.3 Å². The number of aliphatic hydroxyl groups excluding tert-OH is 2. The number of sulfonamides is 1. The minimum atomic E-state index is -3.59. The number of aromatic nitrogens is 2. The lowest BCUT2D eigenvalue weighted by atomic mass is 9.97. The molecule has 0 aliphatic heterocycles. The van der Waals surface area contributed by atoms with E-state index in [-0.39, 0.29) is 18.3 Å². The molecule has 0 saturated heterocycles. The first-order valence-corrected chi connectivity index (χ1v) is 12.3. The highest BCUT2D eigenvalue weighted by Gasteiger charge is 2.22. The van der Waals surface area contributed by atoms with Gasteiger partial charge in [0.15, 0.2) is 0 Å². The van der Waals surface area contributed by atoms with Crippen molar-refractivity contribution in [3.05, 3.63) is 47.2 Å². The second-order valence-corrected chi connectivity index (χ2v) is 10.3. The molecule has 3 N–H and O–H groups in total. The molecule has 10 heteroatoms. The Bertz CT molecular complexity index is 1110. The average Bonchev–Trinajstić information content (AvgIpc) is 2.70. The summed E-state index contributed by atoms with van der Waals surface area (Å²) < 4.78 is 25.3. The molecule has 0 spiro atoms. The van der Waals surface area contributed by atoms with Gasteiger partial charge in [-0.05, 0) is 12.8 Å². The van der Waals surface area contributed by atoms with E-state index in [1.165, 1.54) is 13.1 Å². The molecular formula is C23H31N3O6S. The van der Waals surface area contributed by atoms with E-state index >= 15 is 0 Å². The molecule has 2 aromatic rings. The van der Waals surface area contributed by atoms with Gasteiger partial charge in [0.1, 0.15) is 0 Å². The van der Waals surface area contributed by atoms with Crippen molar-refractivity contribution < 1.29 is 28.5 Å². The van der Waals surface area contributed by atoms with Gasteiger partial charge in [0.05, 0.1) is 36.3 Å². The number of carboxylic acids is 1. The third-order valence-corrected chi connectivity index (χ3v) is 6.18. The van der Waals surface area contributed by atoms with Gasteiger partial charge in [-0.1, -0.05) is 55.8 Å². The van der Waals surface area contributed by atoms with Gasteiger partial charge in [0, 0.05) is 24.6 Å². The summed E-state index contributed by atoms with van der Waals surface area (Å²) in [6.45, 7) is 5.78. The number of anilines is 1. The summed E-state index contributed by atoms with van der Waals surface area (Å²) >= 11 is 0. The van der Waals surface area contributed by atoms with Crippen LogP contribution >= 0.6 is 0 Å². The summed E-state index contributed by atoms with van der Waals surface area (Å²) in [6, 6.07) is 7.57. The third kappa shape index (κ3) is 7.34. The Hall–Kier alpha value is -2.82. The number of carboxylic acid groups (broad SMARTS) is 1. The molecule has 2 rings (SSSR count). The van der Waals surface area contributed by atoms with Crippen LogP contribution in [0.5, 0.6) is 0 Å². The molecule has 0 aliphatic rings. The summed E-state index contributed by atoms with van der Waals surface area (Å²) in [7, 11) is -2.21. The Morgan fingerprint density at radius 3 is 2.27 bits per heavy atom. The molecule has 0 fully saturated rings. The highest BCUT2D eigenvalue weighted by atomic mass is 32.2. The van der Waals surface area contributed by atoms with Crippen molar-refractivity contribution in [2.24, 2.45) is 0 Å². The van der Waals surface area contributed by atoms with E-state index in [1.807, 2.05) is 45.0 Å². The number of nitrogens with zero attached hydrogens (tertiary/aromatic N) is 3. The fourth-order valence-corrected chi connectivity index (χ4v) is 3.53. The molecule has 0 bridgehead atoms. The van der Waals surface area contributed by atoms with Gasteiger partial charge >= 0.3 is 5.97 Å². The number of hydrogen-bond acceptors (Lipinski definition) is 7. The standard InChI is InChI=1S/C23H31N3O6S/c1-14(2)21-19(11-10-17(27)12-18(28)13-20(29)30)22(16-8-6-15(3)7-9-16)25-23(24-21)26(4)33(5,31)32/h6-11,14,17-18,27-28H,12-13H2,1-5H3,(H,29,30)/b11-10+/t17-,18+/m0/s1. The topological polar surface area (TPSA) is 141 Å². The minimum Gasteiger partial charge on any atom is -0.481 e. The van der Waals surface area contributed by atoms with E-state index in [0.29, 0.717) is 17.0 Å². The normalized spacial score (nSPS) is 13.9. The Balaban J connectivity index is 2.61. The average molecular weight is 478 g/mol. The van der Waals surface area contributed by atoms with E-state index in [0.717, 1.165) is 21.7 Å². The fraction of sp³-hybridized carbons (Fsp3) is 0.435. The van der Waals surface area contributed by atoms with Gasteiger partial charge in [0.2, 0.25) is 16.0 Å². The van der Waals surface area contributed by atoms with Crippen LogP contribution in [0, 0.1) is 6.92 Å². The second kappa shape index (κ2) is 10.9. The molecule has 0 aliphatic carbocycles. The van der Waals surface area contributed by atoms with Crippen molar-refractivity contribution in [1.82, 2.24) is 9.97 Å². The first-order chi connectivity index (χ1) is 15.3. The fourth-order valence-electron chi connectivity index (χ4n) is 3.15. The summed E-state index contributed by atoms with van der Waals surface area (Å²) in [5, 5.41) is 28.9. The lowest BCUT2D eigenvalue weighted by Gasteiger charge is -2.20. The van der Waals surface area contributed by atoms with Crippen molar-refractivity contribution in [2.75, 3.05) is 17.6 Å². The Kier molecular flexibility index (Phi) is 8.70. The van der Waals surface area contributed by atoms with E-state index < -0.39 is 34.6 Å². The van der Waals surface area contributed by atoms with Gasteiger partial charge in [-0.15, -0.1) is 0 Å². The van der Waals surface area contributed by atoms with Gasteiger partial charge in [-0.3, -0.25) is 4.79 Å². The molecule has 0 saturated carbocycles. The predicted octanol–water partition coefficient (Wildman–Crippen LogP) is 2.57. The van der Waals surface area contributed by atoms with Crippen molar-refractivity contribution >= 4 is 28.0 Å².